The molecule has 8 heteroatoms. The maximum atomic E-state index is 13.9. The second-order valence-corrected chi connectivity index (χ2v) is 11.7. The molecule has 206 valence electrons. The van der Waals surface area contributed by atoms with Gasteiger partial charge in [0, 0.05) is 61.9 Å². The van der Waals surface area contributed by atoms with Gasteiger partial charge in [-0.2, -0.15) is 0 Å². The zero-order valence-corrected chi connectivity index (χ0v) is 23.8. The molecule has 3 aromatic rings. The molecule has 2 aliphatic rings. The van der Waals surface area contributed by atoms with Gasteiger partial charge in [-0.05, 0) is 53.3 Å². The van der Waals surface area contributed by atoms with Gasteiger partial charge in [0.25, 0.3) is 5.91 Å². The number of carbonyl (C=O) groups excluding carboxylic acids is 2. The number of amides is 2. The van der Waals surface area contributed by atoms with E-state index < -0.39 is 5.92 Å². The molecule has 2 amide bonds. The van der Waals surface area contributed by atoms with Crippen LogP contribution in [0, 0.1) is 5.92 Å². The van der Waals surface area contributed by atoms with Crippen molar-refractivity contribution in [2.75, 3.05) is 57.8 Å². The summed E-state index contributed by atoms with van der Waals surface area (Å²) < 4.78 is 5.28. The van der Waals surface area contributed by atoms with Crippen LogP contribution in [-0.2, 0) is 4.79 Å². The molecule has 0 unspecified atom stereocenters. The summed E-state index contributed by atoms with van der Waals surface area (Å²) in [6.07, 6.45) is 0. The van der Waals surface area contributed by atoms with E-state index in [4.69, 9.17) is 4.74 Å². The Labute approximate surface area is 235 Å². The standard InChI is InChI=1S/C31H38N4O3S/c1-22(2)21-35-29(27-9-6-20-39-27)28(25-7-4-5-8-26(25)31(35)37)30(36)32-14-15-33-16-18-34(19-17-33)23-10-12-24(38-3)13-11-23/h4-13,20,22,28-29H,14-19,21H2,1-3H3,(H,32,36)/t28-,29-/m1/s1. The summed E-state index contributed by atoms with van der Waals surface area (Å²) in [5.41, 5.74) is 2.67. The van der Waals surface area contributed by atoms with E-state index in [9.17, 15) is 9.59 Å². The van der Waals surface area contributed by atoms with Crippen molar-refractivity contribution in [2.45, 2.75) is 25.8 Å². The number of fused-ring (bicyclic) bond motifs is 1. The van der Waals surface area contributed by atoms with Crippen molar-refractivity contribution in [2.24, 2.45) is 5.92 Å². The van der Waals surface area contributed by atoms with E-state index in [2.05, 4.69) is 41.1 Å². The predicted octanol–water partition coefficient (Wildman–Crippen LogP) is 4.63. The Kier molecular flexibility index (Phi) is 8.53. The minimum absolute atomic E-state index is 0.0106. The highest BCUT2D eigenvalue weighted by molar-refractivity contribution is 7.10. The van der Waals surface area contributed by atoms with Gasteiger partial charge in [0.05, 0.1) is 19.1 Å². The van der Waals surface area contributed by atoms with Crippen LogP contribution in [0.15, 0.2) is 66.0 Å². The number of thiophene rings is 1. The molecule has 3 heterocycles. The molecule has 0 saturated carbocycles. The fourth-order valence-electron chi connectivity index (χ4n) is 5.72. The van der Waals surface area contributed by atoms with Gasteiger partial charge in [0.1, 0.15) is 5.75 Å². The molecule has 0 spiro atoms. The van der Waals surface area contributed by atoms with Crippen LogP contribution in [-0.4, -0.2) is 74.5 Å². The Morgan fingerprint density at radius 2 is 1.77 bits per heavy atom. The van der Waals surface area contributed by atoms with E-state index in [-0.39, 0.29) is 17.9 Å². The third-order valence-electron chi connectivity index (χ3n) is 7.65. The van der Waals surface area contributed by atoms with Crippen LogP contribution < -0.4 is 15.0 Å². The van der Waals surface area contributed by atoms with Crippen LogP contribution in [0.2, 0.25) is 0 Å². The van der Waals surface area contributed by atoms with Crippen molar-refractivity contribution in [3.05, 3.63) is 82.0 Å². The number of rotatable bonds is 9. The van der Waals surface area contributed by atoms with E-state index in [1.165, 1.54) is 5.69 Å². The van der Waals surface area contributed by atoms with E-state index in [1.54, 1.807) is 18.4 Å². The number of hydrogen-bond donors (Lipinski definition) is 1. The van der Waals surface area contributed by atoms with Gasteiger partial charge < -0.3 is 19.9 Å². The van der Waals surface area contributed by atoms with Crippen LogP contribution in [0.1, 0.15) is 46.6 Å². The zero-order valence-electron chi connectivity index (χ0n) is 23.0. The number of hydrogen-bond acceptors (Lipinski definition) is 6. The lowest BCUT2D eigenvalue weighted by molar-refractivity contribution is -0.124. The number of benzene rings is 2. The molecule has 1 saturated heterocycles. The highest BCUT2D eigenvalue weighted by Crippen LogP contribution is 2.44. The third kappa shape index (κ3) is 5.97. The Hall–Kier alpha value is -3.36. The Balaban J connectivity index is 1.25. The first-order valence-corrected chi connectivity index (χ1v) is 14.7. The topological polar surface area (TPSA) is 65.1 Å². The average molecular weight is 547 g/mol. The van der Waals surface area contributed by atoms with Crippen LogP contribution in [0.25, 0.3) is 0 Å². The fraction of sp³-hybridized carbons (Fsp3) is 0.419. The zero-order chi connectivity index (χ0) is 27.4. The molecule has 2 aliphatic heterocycles. The van der Waals surface area contributed by atoms with E-state index in [1.807, 2.05) is 58.8 Å². The molecule has 0 aliphatic carbocycles. The van der Waals surface area contributed by atoms with Crippen molar-refractivity contribution in [1.29, 1.82) is 0 Å². The molecule has 2 aromatic carbocycles. The summed E-state index contributed by atoms with van der Waals surface area (Å²) in [4.78, 5) is 35.2. The summed E-state index contributed by atoms with van der Waals surface area (Å²) in [6.45, 7) is 10.0. The molecular formula is C31H38N4O3S. The van der Waals surface area contributed by atoms with Gasteiger partial charge in [-0.3, -0.25) is 14.5 Å². The summed E-state index contributed by atoms with van der Waals surface area (Å²) in [5.74, 6) is 0.715. The molecule has 0 bridgehead atoms. The number of nitrogens with one attached hydrogen (secondary N) is 1. The Morgan fingerprint density at radius 1 is 1.03 bits per heavy atom. The molecule has 1 fully saturated rings. The predicted molar refractivity (Wildman–Crippen MR) is 157 cm³/mol. The first kappa shape index (κ1) is 27.2. The van der Waals surface area contributed by atoms with E-state index in [0.717, 1.165) is 48.9 Å². The van der Waals surface area contributed by atoms with Crippen molar-refractivity contribution in [3.63, 3.8) is 0 Å². The van der Waals surface area contributed by atoms with Gasteiger partial charge >= 0.3 is 0 Å². The molecule has 2 atom stereocenters. The lowest BCUT2D eigenvalue weighted by Crippen LogP contribution is -2.50. The number of methoxy groups -OCH3 is 1. The van der Waals surface area contributed by atoms with E-state index >= 15 is 0 Å². The second kappa shape index (κ2) is 12.2. The van der Waals surface area contributed by atoms with Crippen LogP contribution in [0.4, 0.5) is 5.69 Å². The smallest absolute Gasteiger partial charge is 0.254 e. The number of piperazine rings is 1. The van der Waals surface area contributed by atoms with Crippen LogP contribution in [0.3, 0.4) is 0 Å². The maximum Gasteiger partial charge on any atom is 0.254 e. The molecule has 1 N–H and O–H groups in total. The molecule has 39 heavy (non-hydrogen) atoms. The second-order valence-electron chi connectivity index (χ2n) is 10.7. The lowest BCUT2D eigenvalue weighted by atomic mass is 9.81. The van der Waals surface area contributed by atoms with Gasteiger partial charge in [0.15, 0.2) is 0 Å². The minimum atomic E-state index is -0.441. The van der Waals surface area contributed by atoms with Gasteiger partial charge in [-0.25, -0.2) is 0 Å². The monoisotopic (exact) mass is 546 g/mol. The molecule has 7 nitrogen and oxygen atoms in total. The third-order valence-corrected chi connectivity index (χ3v) is 8.60. The molecular weight excluding hydrogens is 508 g/mol. The van der Waals surface area contributed by atoms with Crippen LogP contribution >= 0.6 is 11.3 Å². The summed E-state index contributed by atoms with van der Waals surface area (Å²) >= 11 is 1.61. The van der Waals surface area contributed by atoms with E-state index in [0.29, 0.717) is 24.6 Å². The number of nitrogens with zero attached hydrogens (tertiary/aromatic N) is 3. The first-order valence-electron chi connectivity index (χ1n) is 13.8. The highest BCUT2D eigenvalue weighted by Gasteiger charge is 2.44. The van der Waals surface area contributed by atoms with Crippen LogP contribution in [0.5, 0.6) is 5.75 Å². The normalized spacial score (nSPS) is 19.7. The highest BCUT2D eigenvalue weighted by atomic mass is 32.1. The van der Waals surface area contributed by atoms with Crippen molar-refractivity contribution < 1.29 is 14.3 Å². The van der Waals surface area contributed by atoms with Crippen molar-refractivity contribution >= 4 is 28.8 Å². The summed E-state index contributed by atoms with van der Waals surface area (Å²) in [5, 5.41) is 5.26. The number of carbonyl (C=O) groups is 2. The maximum absolute atomic E-state index is 13.9. The fourth-order valence-corrected chi connectivity index (χ4v) is 6.59. The quantitative estimate of drug-likeness (QED) is 0.424. The van der Waals surface area contributed by atoms with Crippen molar-refractivity contribution in [1.82, 2.24) is 15.1 Å². The largest absolute Gasteiger partial charge is 0.497 e. The summed E-state index contributed by atoms with van der Waals surface area (Å²) in [7, 11) is 1.68. The molecule has 1 aromatic heterocycles. The summed E-state index contributed by atoms with van der Waals surface area (Å²) in [6, 6.07) is 19.6. The van der Waals surface area contributed by atoms with Crippen molar-refractivity contribution in [3.8, 4) is 5.75 Å². The Morgan fingerprint density at radius 3 is 2.44 bits per heavy atom. The first-order chi connectivity index (χ1) is 19.0. The van der Waals surface area contributed by atoms with Gasteiger partial charge in [0.2, 0.25) is 5.91 Å². The molecule has 5 rings (SSSR count). The molecule has 0 radical (unpaired) electrons. The lowest BCUT2D eigenvalue weighted by Gasteiger charge is -2.42. The number of anilines is 1. The minimum Gasteiger partial charge on any atom is -0.497 e. The average Bonchev–Trinajstić information content (AvgIpc) is 3.49. The Bertz CT molecular complexity index is 1250. The van der Waals surface area contributed by atoms with Gasteiger partial charge in [-0.1, -0.05) is 38.1 Å². The number of ether oxygens (including phenoxy) is 1. The SMILES string of the molecule is COc1ccc(N2CCN(CCNC(=O)[C@@H]3c4ccccc4C(=O)N(CC(C)C)[C@@H]3c3cccs3)CC2)cc1. The van der Waals surface area contributed by atoms with Gasteiger partial charge in [-0.15, -0.1) is 11.3 Å².